The Balaban J connectivity index is 1.63. The quantitative estimate of drug-likeness (QED) is 0.873. The average molecular weight is 363 g/mol. The van der Waals surface area contributed by atoms with Crippen LogP contribution in [0.5, 0.6) is 0 Å². The average Bonchev–Trinajstić information content (AvgIpc) is 3.13. The van der Waals surface area contributed by atoms with Crippen LogP contribution in [0.2, 0.25) is 0 Å². The molecular formula is C18H16F3N3O2. The number of anilines is 1. The molecule has 1 aliphatic heterocycles. The number of oxime groups is 1. The van der Waals surface area contributed by atoms with Gasteiger partial charge in [-0.2, -0.15) is 13.2 Å². The van der Waals surface area contributed by atoms with E-state index in [9.17, 15) is 18.0 Å². The largest absolute Gasteiger partial charge is 0.448 e. The van der Waals surface area contributed by atoms with Crippen molar-refractivity contribution in [3.05, 3.63) is 65.7 Å². The first-order chi connectivity index (χ1) is 12.3. The molecule has 2 aromatic rings. The fourth-order valence-electron chi connectivity index (χ4n) is 2.41. The van der Waals surface area contributed by atoms with Gasteiger partial charge < -0.3 is 15.5 Å². The van der Waals surface area contributed by atoms with Crippen molar-refractivity contribution < 1.29 is 22.8 Å². The molecule has 0 aromatic heterocycles. The first kappa shape index (κ1) is 17.8. The minimum Gasteiger partial charge on any atom is -0.359 e. The van der Waals surface area contributed by atoms with E-state index >= 15 is 0 Å². The summed E-state index contributed by atoms with van der Waals surface area (Å²) in [5, 5.41) is 8.35. The van der Waals surface area contributed by atoms with Gasteiger partial charge in [-0.15, -0.1) is 0 Å². The molecule has 0 saturated heterocycles. The highest BCUT2D eigenvalue weighted by Crippen LogP contribution is 2.25. The zero-order chi connectivity index (χ0) is 18.7. The number of halogens is 3. The molecule has 5 nitrogen and oxygen atoms in total. The van der Waals surface area contributed by atoms with E-state index in [-0.39, 0.29) is 17.7 Å². The smallest absolute Gasteiger partial charge is 0.359 e. The minimum absolute atomic E-state index is 0.0112. The van der Waals surface area contributed by atoms with Crippen LogP contribution in [-0.4, -0.2) is 24.1 Å². The molecule has 1 heterocycles. The van der Waals surface area contributed by atoms with Gasteiger partial charge in [0.05, 0.1) is 5.92 Å². The fourth-order valence-corrected chi connectivity index (χ4v) is 2.41. The van der Waals surface area contributed by atoms with Crippen LogP contribution < -0.4 is 10.6 Å². The van der Waals surface area contributed by atoms with Crippen molar-refractivity contribution in [3.63, 3.8) is 0 Å². The molecule has 2 atom stereocenters. The van der Waals surface area contributed by atoms with Crippen LogP contribution in [0.15, 0.2) is 59.8 Å². The van der Waals surface area contributed by atoms with Gasteiger partial charge in [-0.25, -0.2) is 0 Å². The van der Waals surface area contributed by atoms with E-state index < -0.39 is 12.4 Å². The lowest BCUT2D eigenvalue weighted by atomic mass is 10.0. The Morgan fingerprint density at radius 1 is 1.15 bits per heavy atom. The van der Waals surface area contributed by atoms with E-state index in [1.165, 1.54) is 0 Å². The summed E-state index contributed by atoms with van der Waals surface area (Å²) in [5.74, 6) is -0.527. The molecule has 2 unspecified atom stereocenters. The molecule has 2 N–H and O–H groups in total. The Morgan fingerprint density at radius 3 is 2.38 bits per heavy atom. The summed E-state index contributed by atoms with van der Waals surface area (Å²) in [7, 11) is 0. The van der Waals surface area contributed by atoms with Crippen molar-refractivity contribution in [1.82, 2.24) is 5.32 Å². The van der Waals surface area contributed by atoms with Crippen LogP contribution in [0.3, 0.4) is 0 Å². The summed E-state index contributed by atoms with van der Waals surface area (Å²) in [6.45, 7) is 1.80. The Morgan fingerprint density at radius 2 is 1.81 bits per heavy atom. The van der Waals surface area contributed by atoms with Crippen LogP contribution in [0, 0.1) is 0 Å². The number of rotatable bonds is 4. The van der Waals surface area contributed by atoms with Crippen molar-refractivity contribution in [2.75, 3.05) is 5.32 Å². The molecular weight excluding hydrogens is 347 g/mol. The third-order valence-corrected chi connectivity index (χ3v) is 3.93. The maximum absolute atomic E-state index is 12.6. The van der Waals surface area contributed by atoms with E-state index in [0.29, 0.717) is 11.3 Å². The Kier molecular flexibility index (Phi) is 4.83. The van der Waals surface area contributed by atoms with Crippen LogP contribution >= 0.6 is 0 Å². The highest BCUT2D eigenvalue weighted by molar-refractivity contribution is 6.00. The topological polar surface area (TPSA) is 62.7 Å². The van der Waals surface area contributed by atoms with Crippen LogP contribution in [-0.2, 0) is 9.63 Å². The summed E-state index contributed by atoms with van der Waals surface area (Å²) in [6, 6.07) is 15.6. The van der Waals surface area contributed by atoms with Gasteiger partial charge >= 0.3 is 6.18 Å². The molecule has 0 fully saturated rings. The van der Waals surface area contributed by atoms with E-state index in [4.69, 9.17) is 0 Å². The van der Waals surface area contributed by atoms with Crippen LogP contribution in [0.1, 0.15) is 24.0 Å². The number of amidine groups is 1. The van der Waals surface area contributed by atoms with Gasteiger partial charge in [0, 0.05) is 11.3 Å². The highest BCUT2D eigenvalue weighted by atomic mass is 19.4. The molecule has 0 spiro atoms. The SMILES string of the molecule is CC(C(=O)Nc1ccc(C2=NOC(C(F)(F)F)N2)cc1)c1ccccc1. The monoisotopic (exact) mass is 363 g/mol. The van der Waals surface area contributed by atoms with Gasteiger partial charge in [0.15, 0.2) is 5.84 Å². The summed E-state index contributed by atoms with van der Waals surface area (Å²) < 4.78 is 37.7. The minimum atomic E-state index is -4.55. The standard InChI is InChI=1S/C18H16F3N3O2/c1-11(12-5-3-2-4-6-12)16(25)22-14-9-7-13(8-10-14)15-23-17(26-24-15)18(19,20)21/h2-11,17H,1H3,(H,22,25)(H,23,24). The Labute approximate surface area is 147 Å². The molecule has 0 saturated carbocycles. The Hall–Kier alpha value is -3.03. The van der Waals surface area contributed by atoms with Crippen molar-refractivity contribution in [2.45, 2.75) is 25.2 Å². The molecule has 0 radical (unpaired) electrons. The van der Waals surface area contributed by atoms with E-state index in [1.807, 2.05) is 30.3 Å². The van der Waals surface area contributed by atoms with E-state index in [0.717, 1.165) is 5.56 Å². The molecule has 1 aliphatic rings. The number of benzene rings is 2. The van der Waals surface area contributed by atoms with Crippen molar-refractivity contribution in [2.24, 2.45) is 5.16 Å². The van der Waals surface area contributed by atoms with Gasteiger partial charge in [-0.1, -0.05) is 35.5 Å². The number of hydrogen-bond donors (Lipinski definition) is 2. The number of nitrogens with zero attached hydrogens (tertiary/aromatic N) is 1. The summed E-state index contributed by atoms with van der Waals surface area (Å²) in [4.78, 5) is 16.7. The van der Waals surface area contributed by atoms with E-state index in [1.54, 1.807) is 31.2 Å². The first-order valence-electron chi connectivity index (χ1n) is 7.88. The van der Waals surface area contributed by atoms with Crippen LogP contribution in [0.25, 0.3) is 0 Å². The van der Waals surface area contributed by atoms with E-state index in [2.05, 4.69) is 20.6 Å². The number of carbonyl (C=O) groups is 1. The molecule has 0 aliphatic carbocycles. The summed E-state index contributed by atoms with van der Waals surface area (Å²) in [6.07, 6.45) is -6.70. The summed E-state index contributed by atoms with van der Waals surface area (Å²) in [5.41, 5.74) is 1.85. The number of alkyl halides is 3. The molecule has 1 amide bonds. The second-order valence-corrected chi connectivity index (χ2v) is 5.81. The van der Waals surface area contributed by atoms with Gasteiger partial charge in [0.25, 0.3) is 6.23 Å². The van der Waals surface area contributed by atoms with Crippen LogP contribution in [0.4, 0.5) is 18.9 Å². The van der Waals surface area contributed by atoms with Gasteiger partial charge in [0.1, 0.15) is 0 Å². The third kappa shape index (κ3) is 3.96. The molecule has 136 valence electrons. The van der Waals surface area contributed by atoms with Gasteiger partial charge in [0.2, 0.25) is 5.91 Å². The Bertz CT molecular complexity index is 805. The van der Waals surface area contributed by atoms with Crippen molar-refractivity contribution in [1.29, 1.82) is 0 Å². The van der Waals surface area contributed by atoms with Crippen molar-refractivity contribution in [3.8, 4) is 0 Å². The lowest BCUT2D eigenvalue weighted by molar-refractivity contribution is -0.218. The summed E-state index contributed by atoms with van der Waals surface area (Å²) >= 11 is 0. The number of hydrogen-bond acceptors (Lipinski definition) is 4. The highest BCUT2D eigenvalue weighted by Gasteiger charge is 2.45. The predicted molar refractivity (Wildman–Crippen MR) is 90.5 cm³/mol. The zero-order valence-corrected chi connectivity index (χ0v) is 13.7. The fraction of sp³-hybridized carbons (Fsp3) is 0.222. The van der Waals surface area contributed by atoms with Gasteiger partial charge in [-0.05, 0) is 36.8 Å². The lowest BCUT2D eigenvalue weighted by Gasteiger charge is -2.14. The molecule has 2 aromatic carbocycles. The predicted octanol–water partition coefficient (Wildman–Crippen LogP) is 3.60. The first-order valence-corrected chi connectivity index (χ1v) is 7.88. The zero-order valence-electron chi connectivity index (χ0n) is 13.7. The third-order valence-electron chi connectivity index (χ3n) is 3.93. The molecule has 8 heteroatoms. The second kappa shape index (κ2) is 7.07. The normalized spacial score (nSPS) is 17.7. The number of nitrogens with one attached hydrogen (secondary N) is 2. The second-order valence-electron chi connectivity index (χ2n) is 5.81. The maximum atomic E-state index is 12.6. The van der Waals surface area contributed by atoms with Gasteiger partial charge in [-0.3, -0.25) is 4.79 Å². The maximum Gasteiger partial charge on any atom is 0.448 e. The number of amides is 1. The molecule has 3 rings (SSSR count). The molecule has 26 heavy (non-hydrogen) atoms. The number of carbonyl (C=O) groups excluding carboxylic acids is 1. The molecule has 0 bridgehead atoms. The lowest BCUT2D eigenvalue weighted by Crippen LogP contribution is -2.41. The van der Waals surface area contributed by atoms with Crippen molar-refractivity contribution >= 4 is 17.4 Å².